The van der Waals surface area contributed by atoms with Gasteiger partial charge in [0.15, 0.2) is 5.82 Å². The molecule has 1 rings (SSSR count). The van der Waals surface area contributed by atoms with Gasteiger partial charge in [-0.1, -0.05) is 5.16 Å². The lowest BCUT2D eigenvalue weighted by Crippen LogP contribution is -2.41. The minimum absolute atomic E-state index is 0.262. The van der Waals surface area contributed by atoms with Gasteiger partial charge < -0.3 is 14.7 Å². The first kappa shape index (κ1) is 13.1. The van der Waals surface area contributed by atoms with Crippen LogP contribution < -0.4 is 5.32 Å². The normalized spacial score (nSPS) is 12.8. The van der Waals surface area contributed by atoms with E-state index in [1.807, 2.05) is 19.0 Å². The van der Waals surface area contributed by atoms with Crippen LogP contribution in [0.15, 0.2) is 4.52 Å². The molecule has 16 heavy (non-hydrogen) atoms. The van der Waals surface area contributed by atoms with Crippen LogP contribution in [0.4, 0.5) is 0 Å². The number of aromatic nitrogens is 2. The molecule has 0 aliphatic carbocycles. The highest BCUT2D eigenvalue weighted by Crippen LogP contribution is 2.17. The molecular weight excluding hydrogens is 204 g/mol. The van der Waals surface area contributed by atoms with E-state index in [4.69, 9.17) is 4.52 Å². The van der Waals surface area contributed by atoms with Gasteiger partial charge in [0.25, 0.3) is 0 Å². The van der Waals surface area contributed by atoms with Gasteiger partial charge in [-0.15, -0.1) is 0 Å². The minimum Gasteiger partial charge on any atom is -0.338 e. The van der Waals surface area contributed by atoms with Crippen LogP contribution in [0.2, 0.25) is 0 Å². The summed E-state index contributed by atoms with van der Waals surface area (Å²) in [7, 11) is 3.95. The molecule has 0 spiro atoms. The average Bonchev–Trinajstić information content (AvgIpc) is 2.49. The van der Waals surface area contributed by atoms with Crippen molar-refractivity contribution in [1.82, 2.24) is 20.4 Å². The molecule has 0 fully saturated rings. The summed E-state index contributed by atoms with van der Waals surface area (Å²) in [5.41, 5.74) is -0.262. The van der Waals surface area contributed by atoms with Crippen molar-refractivity contribution >= 4 is 0 Å². The van der Waals surface area contributed by atoms with E-state index in [-0.39, 0.29) is 5.54 Å². The third kappa shape index (κ3) is 3.57. The smallest absolute Gasteiger partial charge is 0.240 e. The Morgan fingerprint density at radius 3 is 2.50 bits per heavy atom. The molecule has 0 aromatic carbocycles. The molecular formula is C11H22N4O. The zero-order valence-corrected chi connectivity index (χ0v) is 11.0. The molecule has 5 heteroatoms. The molecule has 5 nitrogen and oxygen atoms in total. The lowest BCUT2D eigenvalue weighted by molar-refractivity contribution is 0.291. The van der Waals surface area contributed by atoms with Crippen molar-refractivity contribution in [3.8, 4) is 0 Å². The van der Waals surface area contributed by atoms with Crippen molar-refractivity contribution < 1.29 is 4.52 Å². The van der Waals surface area contributed by atoms with E-state index in [2.05, 4.69) is 43.2 Å². The predicted molar refractivity (Wildman–Crippen MR) is 63.0 cm³/mol. The van der Waals surface area contributed by atoms with E-state index in [1.165, 1.54) is 0 Å². The Kier molecular flexibility index (Phi) is 4.04. The predicted octanol–water partition coefficient (Wildman–Crippen LogP) is 1.36. The highest BCUT2D eigenvalue weighted by Gasteiger charge is 2.27. The van der Waals surface area contributed by atoms with Crippen LogP contribution in [0, 0.1) is 0 Å². The minimum atomic E-state index is -0.262. The second-order valence-electron chi connectivity index (χ2n) is 5.17. The van der Waals surface area contributed by atoms with Crippen molar-refractivity contribution in [2.45, 2.75) is 45.8 Å². The van der Waals surface area contributed by atoms with Crippen LogP contribution in [0.5, 0.6) is 0 Å². The summed E-state index contributed by atoms with van der Waals surface area (Å²) < 4.78 is 5.20. The van der Waals surface area contributed by atoms with Crippen molar-refractivity contribution in [2.75, 3.05) is 14.1 Å². The molecule has 0 amide bonds. The lowest BCUT2D eigenvalue weighted by Gasteiger charge is -2.24. The maximum atomic E-state index is 5.20. The van der Waals surface area contributed by atoms with Gasteiger partial charge in [-0.2, -0.15) is 4.98 Å². The van der Waals surface area contributed by atoms with Gasteiger partial charge in [0, 0.05) is 6.04 Å². The van der Waals surface area contributed by atoms with E-state index in [0.29, 0.717) is 24.3 Å². The van der Waals surface area contributed by atoms with Gasteiger partial charge in [0.1, 0.15) is 0 Å². The third-order valence-electron chi connectivity index (χ3n) is 2.13. The van der Waals surface area contributed by atoms with Gasteiger partial charge in [-0.05, 0) is 41.8 Å². The molecule has 0 atom stereocenters. The SMILES string of the molecule is CC(C)NC(C)(C)c1noc(CN(C)C)n1. The van der Waals surface area contributed by atoms with Crippen LogP contribution in [0.25, 0.3) is 0 Å². The van der Waals surface area contributed by atoms with Crippen LogP contribution in [0.1, 0.15) is 39.4 Å². The maximum Gasteiger partial charge on any atom is 0.240 e. The second-order valence-corrected chi connectivity index (χ2v) is 5.17. The van der Waals surface area contributed by atoms with Gasteiger partial charge in [-0.3, -0.25) is 0 Å². The fourth-order valence-electron chi connectivity index (χ4n) is 1.63. The summed E-state index contributed by atoms with van der Waals surface area (Å²) >= 11 is 0. The molecule has 1 N–H and O–H groups in total. The standard InChI is InChI=1S/C11H22N4O/c1-8(2)13-11(3,4)10-12-9(16-14-10)7-15(5)6/h8,13H,7H2,1-6H3. The van der Waals surface area contributed by atoms with E-state index in [9.17, 15) is 0 Å². The molecule has 92 valence electrons. The summed E-state index contributed by atoms with van der Waals surface area (Å²) in [4.78, 5) is 6.39. The summed E-state index contributed by atoms with van der Waals surface area (Å²) in [5.74, 6) is 1.36. The number of rotatable bonds is 5. The molecule has 0 saturated carbocycles. The van der Waals surface area contributed by atoms with Crippen molar-refractivity contribution in [3.05, 3.63) is 11.7 Å². The Hall–Kier alpha value is -0.940. The fourth-order valence-corrected chi connectivity index (χ4v) is 1.63. The zero-order chi connectivity index (χ0) is 12.3. The Balaban J connectivity index is 2.76. The molecule has 1 aromatic heterocycles. The summed E-state index contributed by atoms with van der Waals surface area (Å²) in [6.07, 6.45) is 0. The average molecular weight is 226 g/mol. The number of hydrogen-bond acceptors (Lipinski definition) is 5. The van der Waals surface area contributed by atoms with Crippen LogP contribution in [-0.2, 0) is 12.1 Å². The number of nitrogens with zero attached hydrogens (tertiary/aromatic N) is 3. The Morgan fingerprint density at radius 2 is 2.00 bits per heavy atom. The molecule has 0 unspecified atom stereocenters. The maximum absolute atomic E-state index is 5.20. The third-order valence-corrected chi connectivity index (χ3v) is 2.13. The molecule has 0 aliphatic rings. The van der Waals surface area contributed by atoms with Gasteiger partial charge in [0.05, 0.1) is 12.1 Å². The Labute approximate surface area is 97.2 Å². The highest BCUT2D eigenvalue weighted by atomic mass is 16.5. The fraction of sp³-hybridized carbons (Fsp3) is 0.818. The lowest BCUT2D eigenvalue weighted by atomic mass is 10.0. The zero-order valence-electron chi connectivity index (χ0n) is 11.0. The van der Waals surface area contributed by atoms with E-state index in [1.54, 1.807) is 0 Å². The van der Waals surface area contributed by atoms with Crippen LogP contribution in [0.3, 0.4) is 0 Å². The van der Waals surface area contributed by atoms with E-state index in [0.717, 1.165) is 0 Å². The van der Waals surface area contributed by atoms with Gasteiger partial charge >= 0.3 is 0 Å². The summed E-state index contributed by atoms with van der Waals surface area (Å²) in [6, 6.07) is 0.380. The quantitative estimate of drug-likeness (QED) is 0.821. The molecule has 1 aromatic rings. The molecule has 0 radical (unpaired) electrons. The Morgan fingerprint density at radius 1 is 1.38 bits per heavy atom. The molecule has 0 saturated heterocycles. The second kappa shape index (κ2) is 4.93. The first-order valence-corrected chi connectivity index (χ1v) is 5.57. The molecule has 0 aliphatic heterocycles. The van der Waals surface area contributed by atoms with E-state index < -0.39 is 0 Å². The number of nitrogens with one attached hydrogen (secondary N) is 1. The monoisotopic (exact) mass is 226 g/mol. The summed E-state index contributed by atoms with van der Waals surface area (Å²) in [6.45, 7) is 8.98. The van der Waals surface area contributed by atoms with E-state index >= 15 is 0 Å². The first-order chi connectivity index (χ1) is 7.31. The van der Waals surface area contributed by atoms with Crippen LogP contribution >= 0.6 is 0 Å². The molecule has 0 bridgehead atoms. The van der Waals surface area contributed by atoms with Crippen molar-refractivity contribution in [3.63, 3.8) is 0 Å². The first-order valence-electron chi connectivity index (χ1n) is 5.57. The van der Waals surface area contributed by atoms with Crippen molar-refractivity contribution in [1.29, 1.82) is 0 Å². The molecule has 1 heterocycles. The topological polar surface area (TPSA) is 54.2 Å². The van der Waals surface area contributed by atoms with Gasteiger partial charge in [0.2, 0.25) is 5.89 Å². The Bertz CT molecular complexity index is 330. The van der Waals surface area contributed by atoms with Crippen LogP contribution in [-0.4, -0.2) is 35.2 Å². The largest absolute Gasteiger partial charge is 0.338 e. The highest BCUT2D eigenvalue weighted by molar-refractivity contribution is 5.01. The van der Waals surface area contributed by atoms with Crippen molar-refractivity contribution in [2.24, 2.45) is 0 Å². The number of hydrogen-bond donors (Lipinski definition) is 1. The van der Waals surface area contributed by atoms with Gasteiger partial charge in [-0.25, -0.2) is 0 Å². The summed E-state index contributed by atoms with van der Waals surface area (Å²) in [5, 5.41) is 7.42.